The highest BCUT2D eigenvalue weighted by atomic mass is 16.5. The smallest absolute Gasteiger partial charge is 0.261 e. The zero-order valence-corrected chi connectivity index (χ0v) is 16.3. The van der Waals surface area contributed by atoms with Crippen molar-refractivity contribution in [2.24, 2.45) is 0 Å². The minimum Gasteiger partial charge on any atom is -0.370 e. The van der Waals surface area contributed by atoms with E-state index < -0.39 is 0 Å². The first-order chi connectivity index (χ1) is 12.8. The molecule has 0 saturated carbocycles. The van der Waals surface area contributed by atoms with Crippen LogP contribution in [0.25, 0.3) is 0 Å². The van der Waals surface area contributed by atoms with Crippen molar-refractivity contribution in [2.45, 2.75) is 64.1 Å². The number of aromatic amines is 1. The number of nitrogens with zero attached hydrogens (tertiary/aromatic N) is 1. The Labute approximate surface area is 159 Å². The molecule has 27 heavy (non-hydrogen) atoms. The number of pyridine rings is 1. The Balaban J connectivity index is 1.59. The number of likely N-dealkylation sites (tertiary alicyclic amines) is 1. The van der Waals surface area contributed by atoms with Crippen molar-refractivity contribution in [2.75, 3.05) is 19.6 Å². The molecule has 2 amide bonds. The minimum absolute atomic E-state index is 0.0440. The van der Waals surface area contributed by atoms with E-state index in [9.17, 15) is 14.4 Å². The summed E-state index contributed by atoms with van der Waals surface area (Å²) in [4.78, 5) is 40.7. The van der Waals surface area contributed by atoms with E-state index in [1.165, 1.54) is 6.92 Å². The first kappa shape index (κ1) is 19.6. The Morgan fingerprint density at radius 3 is 2.59 bits per heavy atom. The van der Waals surface area contributed by atoms with Gasteiger partial charge in [-0.25, -0.2) is 0 Å². The molecule has 1 spiro atoms. The highest BCUT2D eigenvalue weighted by Crippen LogP contribution is 2.38. The number of ether oxygens (including phenoxy) is 1. The second-order valence-electron chi connectivity index (χ2n) is 8.00. The van der Waals surface area contributed by atoms with Gasteiger partial charge < -0.3 is 19.9 Å². The predicted molar refractivity (Wildman–Crippen MR) is 102 cm³/mol. The number of hydrogen-bond donors (Lipinski definition) is 2. The minimum atomic E-state index is -0.320. The molecule has 2 aliphatic heterocycles. The number of hydrogen-bond acceptors (Lipinski definition) is 4. The van der Waals surface area contributed by atoms with E-state index in [4.69, 9.17) is 4.74 Å². The number of carbonyl (C=O) groups excluding carboxylic acids is 2. The Morgan fingerprint density at radius 1 is 1.30 bits per heavy atom. The zero-order chi connectivity index (χ0) is 19.6. The summed E-state index contributed by atoms with van der Waals surface area (Å²) in [6.07, 6.45) is 3.44. The Kier molecular flexibility index (Phi) is 5.69. The van der Waals surface area contributed by atoms with Crippen molar-refractivity contribution in [3.8, 4) is 0 Å². The number of aromatic nitrogens is 1. The lowest BCUT2D eigenvalue weighted by Crippen LogP contribution is -2.48. The summed E-state index contributed by atoms with van der Waals surface area (Å²) >= 11 is 0. The van der Waals surface area contributed by atoms with Gasteiger partial charge in [0.05, 0.1) is 11.7 Å². The molecular weight excluding hydrogens is 346 g/mol. The first-order valence-electron chi connectivity index (χ1n) is 9.74. The molecule has 1 aromatic heterocycles. The largest absolute Gasteiger partial charge is 0.370 e. The van der Waals surface area contributed by atoms with Crippen molar-refractivity contribution in [1.82, 2.24) is 15.2 Å². The SMILES string of the molecule is CC(=O)NC[C@@H]1CCC2(CCN(C(=O)c3ccc(C(C)C)[nH]c3=O)CC2)O1. The van der Waals surface area contributed by atoms with E-state index in [0.717, 1.165) is 31.4 Å². The molecule has 0 unspecified atom stereocenters. The van der Waals surface area contributed by atoms with Gasteiger partial charge in [-0.15, -0.1) is 0 Å². The Bertz CT molecular complexity index is 763. The number of rotatable bonds is 4. The molecule has 1 atom stereocenters. The fraction of sp³-hybridized carbons (Fsp3) is 0.650. The van der Waals surface area contributed by atoms with Gasteiger partial charge in [-0.2, -0.15) is 0 Å². The van der Waals surface area contributed by atoms with Gasteiger partial charge in [0.2, 0.25) is 5.91 Å². The van der Waals surface area contributed by atoms with Crippen molar-refractivity contribution in [1.29, 1.82) is 0 Å². The van der Waals surface area contributed by atoms with Gasteiger partial charge in [0.25, 0.3) is 11.5 Å². The summed E-state index contributed by atoms with van der Waals surface area (Å²) in [5.41, 5.74) is 0.511. The second-order valence-corrected chi connectivity index (χ2v) is 8.00. The maximum Gasteiger partial charge on any atom is 0.261 e. The average molecular weight is 375 g/mol. The van der Waals surface area contributed by atoms with E-state index in [0.29, 0.717) is 19.6 Å². The van der Waals surface area contributed by atoms with E-state index in [1.807, 2.05) is 19.9 Å². The van der Waals surface area contributed by atoms with Crippen LogP contribution in [0.1, 0.15) is 68.4 Å². The van der Waals surface area contributed by atoms with Crippen LogP contribution in [0.5, 0.6) is 0 Å². The predicted octanol–water partition coefficient (Wildman–Crippen LogP) is 1.79. The van der Waals surface area contributed by atoms with Gasteiger partial charge in [-0.1, -0.05) is 13.8 Å². The quantitative estimate of drug-likeness (QED) is 0.839. The van der Waals surface area contributed by atoms with Crippen LogP contribution in [-0.2, 0) is 9.53 Å². The first-order valence-corrected chi connectivity index (χ1v) is 9.74. The third-order valence-corrected chi connectivity index (χ3v) is 5.66. The molecule has 0 radical (unpaired) electrons. The van der Waals surface area contributed by atoms with Crippen molar-refractivity contribution in [3.63, 3.8) is 0 Å². The van der Waals surface area contributed by atoms with Crippen LogP contribution < -0.4 is 10.9 Å². The van der Waals surface area contributed by atoms with Crippen LogP contribution in [0.15, 0.2) is 16.9 Å². The lowest BCUT2D eigenvalue weighted by molar-refractivity contribution is -0.120. The normalized spacial score (nSPS) is 21.6. The molecule has 2 N–H and O–H groups in total. The number of piperidine rings is 1. The maximum atomic E-state index is 12.8. The molecule has 3 heterocycles. The van der Waals surface area contributed by atoms with Gasteiger partial charge >= 0.3 is 0 Å². The van der Waals surface area contributed by atoms with Crippen molar-refractivity contribution in [3.05, 3.63) is 33.7 Å². The molecule has 0 aliphatic carbocycles. The summed E-state index contributed by atoms with van der Waals surface area (Å²) in [5.74, 6) is -0.0514. The molecular formula is C20H29N3O4. The molecule has 2 saturated heterocycles. The molecule has 2 fully saturated rings. The van der Waals surface area contributed by atoms with Gasteiger partial charge in [0.15, 0.2) is 0 Å². The van der Waals surface area contributed by atoms with E-state index >= 15 is 0 Å². The van der Waals surface area contributed by atoms with Gasteiger partial charge in [0, 0.05) is 32.3 Å². The second kappa shape index (κ2) is 7.84. The molecule has 1 aromatic rings. The number of nitrogens with one attached hydrogen (secondary N) is 2. The standard InChI is InChI=1S/C20H29N3O4/c1-13(2)17-5-4-16(18(25)22-17)19(26)23-10-8-20(9-11-23)7-6-15(27-20)12-21-14(3)24/h4-5,13,15H,6-12H2,1-3H3,(H,21,24)(H,22,25)/t15-/m0/s1. The molecule has 7 heteroatoms. The maximum absolute atomic E-state index is 12.8. The van der Waals surface area contributed by atoms with Crippen LogP contribution in [0.2, 0.25) is 0 Å². The summed E-state index contributed by atoms with van der Waals surface area (Å²) in [6, 6.07) is 3.45. The molecule has 148 valence electrons. The molecule has 7 nitrogen and oxygen atoms in total. The summed E-state index contributed by atoms with van der Waals surface area (Å²) in [5, 5.41) is 2.81. The van der Waals surface area contributed by atoms with E-state index in [2.05, 4.69) is 10.3 Å². The molecule has 3 rings (SSSR count). The molecule has 0 aromatic carbocycles. The van der Waals surface area contributed by atoms with Crippen LogP contribution in [0, 0.1) is 0 Å². The summed E-state index contributed by atoms with van der Waals surface area (Å²) < 4.78 is 6.22. The lowest BCUT2D eigenvalue weighted by atomic mass is 9.88. The number of amides is 2. The highest BCUT2D eigenvalue weighted by molar-refractivity contribution is 5.93. The fourth-order valence-corrected chi connectivity index (χ4v) is 3.95. The van der Waals surface area contributed by atoms with Crippen LogP contribution in [-0.4, -0.2) is 53.0 Å². The third kappa shape index (κ3) is 4.40. The van der Waals surface area contributed by atoms with Gasteiger partial charge in [-0.3, -0.25) is 14.4 Å². The van der Waals surface area contributed by atoms with Crippen molar-refractivity contribution >= 4 is 11.8 Å². The number of carbonyl (C=O) groups is 2. The van der Waals surface area contributed by atoms with Gasteiger partial charge in [0.1, 0.15) is 5.56 Å². The molecule has 2 aliphatic rings. The zero-order valence-electron chi connectivity index (χ0n) is 16.3. The van der Waals surface area contributed by atoms with E-state index in [1.54, 1.807) is 11.0 Å². The van der Waals surface area contributed by atoms with Crippen molar-refractivity contribution < 1.29 is 14.3 Å². The van der Waals surface area contributed by atoms with Crippen LogP contribution in [0.4, 0.5) is 0 Å². The summed E-state index contributed by atoms with van der Waals surface area (Å²) in [6.45, 7) is 7.20. The van der Waals surface area contributed by atoms with Crippen LogP contribution in [0.3, 0.4) is 0 Å². The average Bonchev–Trinajstić information content (AvgIpc) is 3.02. The monoisotopic (exact) mass is 375 g/mol. The summed E-state index contributed by atoms with van der Waals surface area (Å²) in [7, 11) is 0. The van der Waals surface area contributed by atoms with Gasteiger partial charge in [-0.05, 0) is 43.7 Å². The Hall–Kier alpha value is -2.15. The highest BCUT2D eigenvalue weighted by Gasteiger charge is 2.43. The molecule has 0 bridgehead atoms. The van der Waals surface area contributed by atoms with E-state index in [-0.39, 0.29) is 40.6 Å². The number of H-pyrrole nitrogens is 1. The fourth-order valence-electron chi connectivity index (χ4n) is 3.95. The Morgan fingerprint density at radius 2 is 2.00 bits per heavy atom. The van der Waals surface area contributed by atoms with Crippen LogP contribution >= 0.6 is 0 Å². The third-order valence-electron chi connectivity index (χ3n) is 5.66. The topological polar surface area (TPSA) is 91.5 Å². The lowest BCUT2D eigenvalue weighted by Gasteiger charge is -2.39.